The fourth-order valence-electron chi connectivity index (χ4n) is 4.18. The summed E-state index contributed by atoms with van der Waals surface area (Å²) >= 11 is 0. The normalized spacial score (nSPS) is 25.8. The third kappa shape index (κ3) is 3.48. The summed E-state index contributed by atoms with van der Waals surface area (Å²) in [5.41, 5.74) is 0. The Bertz CT molecular complexity index is 572. The van der Waals surface area contributed by atoms with Gasteiger partial charge in [-0.1, -0.05) is 0 Å². The number of amides is 2. The van der Waals surface area contributed by atoms with Gasteiger partial charge in [-0.15, -0.1) is 0 Å². The van der Waals surface area contributed by atoms with Crippen LogP contribution in [0.5, 0.6) is 0 Å². The lowest BCUT2D eigenvalue weighted by Gasteiger charge is -2.37. The lowest BCUT2D eigenvalue weighted by molar-refractivity contribution is -0.131. The van der Waals surface area contributed by atoms with Crippen molar-refractivity contribution in [1.82, 2.24) is 15.1 Å². The average molecular weight is 333 g/mol. The molecule has 2 aliphatic rings. The first-order valence-electron chi connectivity index (χ1n) is 8.91. The molecule has 2 saturated heterocycles. The van der Waals surface area contributed by atoms with E-state index in [0.29, 0.717) is 12.6 Å². The molecule has 132 valence electrons. The summed E-state index contributed by atoms with van der Waals surface area (Å²) < 4.78 is 5.26. The number of likely N-dealkylation sites (tertiary alicyclic amines) is 2. The highest BCUT2D eigenvalue weighted by atomic mass is 16.3. The Balaban J connectivity index is 1.61. The molecule has 0 bridgehead atoms. The van der Waals surface area contributed by atoms with Crippen LogP contribution in [0.1, 0.15) is 45.3 Å². The Morgan fingerprint density at radius 1 is 1.29 bits per heavy atom. The molecule has 0 radical (unpaired) electrons. The maximum Gasteiger partial charge on any atom is 0.237 e. The highest BCUT2D eigenvalue weighted by molar-refractivity contribution is 5.81. The smallest absolute Gasteiger partial charge is 0.237 e. The molecule has 0 aromatic carbocycles. The second-order valence-corrected chi connectivity index (χ2v) is 6.84. The minimum atomic E-state index is -0.193. The van der Waals surface area contributed by atoms with Crippen molar-refractivity contribution in [2.75, 3.05) is 13.1 Å². The zero-order valence-corrected chi connectivity index (χ0v) is 14.5. The molecule has 6 nitrogen and oxygen atoms in total. The third-order valence-electron chi connectivity index (χ3n) is 5.38. The second-order valence-electron chi connectivity index (χ2n) is 6.84. The first-order valence-corrected chi connectivity index (χ1v) is 8.91. The number of nitrogens with zero attached hydrogens (tertiary/aromatic N) is 2. The molecule has 3 rings (SSSR count). The highest BCUT2D eigenvalue weighted by Crippen LogP contribution is 2.31. The topological polar surface area (TPSA) is 65.8 Å². The summed E-state index contributed by atoms with van der Waals surface area (Å²) in [6.07, 6.45) is 5.86. The Labute approximate surface area is 143 Å². The quantitative estimate of drug-likeness (QED) is 0.892. The van der Waals surface area contributed by atoms with Gasteiger partial charge in [0.25, 0.3) is 0 Å². The van der Waals surface area contributed by atoms with Crippen LogP contribution in [0.2, 0.25) is 0 Å². The fourth-order valence-corrected chi connectivity index (χ4v) is 4.18. The van der Waals surface area contributed by atoms with Crippen molar-refractivity contribution in [3.05, 3.63) is 24.2 Å². The van der Waals surface area contributed by atoms with Crippen LogP contribution in [0.4, 0.5) is 0 Å². The summed E-state index contributed by atoms with van der Waals surface area (Å²) in [5.74, 6) is 0.928. The molecule has 6 heteroatoms. The minimum Gasteiger partial charge on any atom is -0.467 e. The maximum absolute atomic E-state index is 12.5. The van der Waals surface area contributed by atoms with E-state index < -0.39 is 0 Å². The summed E-state index contributed by atoms with van der Waals surface area (Å²) in [4.78, 5) is 28.7. The Kier molecular flexibility index (Phi) is 5.23. The van der Waals surface area contributed by atoms with Crippen LogP contribution in [0.3, 0.4) is 0 Å². The van der Waals surface area contributed by atoms with Crippen LogP contribution in [0.25, 0.3) is 0 Å². The van der Waals surface area contributed by atoms with Crippen molar-refractivity contribution >= 4 is 11.8 Å². The van der Waals surface area contributed by atoms with E-state index in [4.69, 9.17) is 4.42 Å². The summed E-state index contributed by atoms with van der Waals surface area (Å²) in [7, 11) is 0. The van der Waals surface area contributed by atoms with Gasteiger partial charge in [-0.3, -0.25) is 14.5 Å². The number of hydrogen-bond acceptors (Lipinski definition) is 4. The molecule has 3 atom stereocenters. The summed E-state index contributed by atoms with van der Waals surface area (Å²) in [6, 6.07) is 4.03. The lowest BCUT2D eigenvalue weighted by Crippen LogP contribution is -2.53. The predicted molar refractivity (Wildman–Crippen MR) is 90.2 cm³/mol. The Morgan fingerprint density at radius 3 is 2.75 bits per heavy atom. The molecule has 1 aromatic rings. The van der Waals surface area contributed by atoms with E-state index in [0.717, 1.165) is 44.5 Å². The standard InChI is InChI=1S/C18H27N3O3/c1-13(18(23)19-12-15-6-5-11-24-15)20-9-3-7-16(20)17-8-4-10-21(17)14(2)22/h5-6,11,13,16-17H,3-4,7-10,12H2,1-2H3,(H,19,23). The number of hydrogen-bond donors (Lipinski definition) is 1. The van der Waals surface area contributed by atoms with E-state index in [1.165, 1.54) is 0 Å². The largest absolute Gasteiger partial charge is 0.467 e. The zero-order valence-electron chi connectivity index (χ0n) is 14.5. The SMILES string of the molecule is CC(=O)N1CCCC1C1CCCN1C(C)C(=O)NCc1ccco1. The van der Waals surface area contributed by atoms with Gasteiger partial charge >= 0.3 is 0 Å². The van der Waals surface area contributed by atoms with Crippen LogP contribution in [0, 0.1) is 0 Å². The van der Waals surface area contributed by atoms with E-state index in [2.05, 4.69) is 10.2 Å². The molecule has 0 aliphatic carbocycles. The number of rotatable bonds is 5. The molecule has 2 amide bonds. The van der Waals surface area contributed by atoms with E-state index in [1.54, 1.807) is 13.2 Å². The molecule has 0 saturated carbocycles. The van der Waals surface area contributed by atoms with Crippen molar-refractivity contribution in [2.45, 2.75) is 64.2 Å². The molecule has 3 unspecified atom stereocenters. The lowest BCUT2D eigenvalue weighted by atomic mass is 10.0. The monoisotopic (exact) mass is 333 g/mol. The number of carbonyl (C=O) groups excluding carboxylic acids is 2. The van der Waals surface area contributed by atoms with Gasteiger partial charge in [0, 0.05) is 25.6 Å². The Hall–Kier alpha value is -1.82. The van der Waals surface area contributed by atoms with Crippen LogP contribution in [-0.4, -0.2) is 52.8 Å². The number of nitrogens with one attached hydrogen (secondary N) is 1. The van der Waals surface area contributed by atoms with Gasteiger partial charge < -0.3 is 14.6 Å². The highest BCUT2D eigenvalue weighted by Gasteiger charge is 2.41. The molecule has 0 spiro atoms. The predicted octanol–water partition coefficient (Wildman–Crippen LogP) is 1.76. The molecule has 2 fully saturated rings. The van der Waals surface area contributed by atoms with E-state index in [-0.39, 0.29) is 23.9 Å². The van der Waals surface area contributed by atoms with Crippen LogP contribution in [-0.2, 0) is 16.1 Å². The molecular weight excluding hydrogens is 306 g/mol. The van der Waals surface area contributed by atoms with Gasteiger partial charge in [-0.25, -0.2) is 0 Å². The Morgan fingerprint density at radius 2 is 2.04 bits per heavy atom. The minimum absolute atomic E-state index is 0.0191. The van der Waals surface area contributed by atoms with E-state index in [1.807, 2.05) is 24.0 Å². The maximum atomic E-state index is 12.5. The van der Waals surface area contributed by atoms with Crippen LogP contribution < -0.4 is 5.32 Å². The average Bonchev–Trinajstić information content (AvgIpc) is 3.31. The molecule has 2 aliphatic heterocycles. The molecule has 3 heterocycles. The van der Waals surface area contributed by atoms with Crippen molar-refractivity contribution in [2.24, 2.45) is 0 Å². The van der Waals surface area contributed by atoms with Gasteiger partial charge in [-0.2, -0.15) is 0 Å². The van der Waals surface area contributed by atoms with Crippen molar-refractivity contribution in [3.8, 4) is 0 Å². The third-order valence-corrected chi connectivity index (χ3v) is 5.38. The van der Waals surface area contributed by atoms with Gasteiger partial charge in [0.2, 0.25) is 11.8 Å². The molecular formula is C18H27N3O3. The second kappa shape index (κ2) is 7.38. The summed E-state index contributed by atoms with van der Waals surface area (Å²) in [5, 5.41) is 2.95. The number of furan rings is 1. The first-order chi connectivity index (χ1) is 11.6. The molecule has 1 aromatic heterocycles. The van der Waals surface area contributed by atoms with E-state index >= 15 is 0 Å². The fraction of sp³-hybridized carbons (Fsp3) is 0.667. The van der Waals surface area contributed by atoms with E-state index in [9.17, 15) is 9.59 Å². The molecule has 1 N–H and O–H groups in total. The summed E-state index contributed by atoms with van der Waals surface area (Å²) in [6.45, 7) is 5.79. The van der Waals surface area contributed by atoms with Gasteiger partial charge in [0.1, 0.15) is 5.76 Å². The van der Waals surface area contributed by atoms with Gasteiger partial charge in [-0.05, 0) is 51.3 Å². The zero-order chi connectivity index (χ0) is 17.1. The van der Waals surface area contributed by atoms with Gasteiger partial charge in [0.15, 0.2) is 0 Å². The van der Waals surface area contributed by atoms with Crippen LogP contribution in [0.15, 0.2) is 22.8 Å². The van der Waals surface area contributed by atoms with Crippen LogP contribution >= 0.6 is 0 Å². The number of carbonyl (C=O) groups is 2. The van der Waals surface area contributed by atoms with Gasteiger partial charge in [0.05, 0.1) is 18.8 Å². The molecule has 24 heavy (non-hydrogen) atoms. The first kappa shape index (κ1) is 17.0. The van der Waals surface area contributed by atoms with Crippen molar-refractivity contribution in [1.29, 1.82) is 0 Å². The van der Waals surface area contributed by atoms with Crippen molar-refractivity contribution < 1.29 is 14.0 Å². The van der Waals surface area contributed by atoms with Crippen molar-refractivity contribution in [3.63, 3.8) is 0 Å².